The molecular weight excluding hydrogens is 268 g/mol. The Labute approximate surface area is 123 Å². The molecular formula is C14H18N6O. The van der Waals surface area contributed by atoms with Crippen LogP contribution in [0.5, 0.6) is 0 Å². The van der Waals surface area contributed by atoms with Crippen LogP contribution >= 0.6 is 0 Å². The standard InChI is InChI=1S/C14H18N6O/c1-4-10-11(5-2)19-20-14(17-10)18-13(21)9-6-7-16-12(8-9)15-3/h6-8H,4-5H2,1-3H3,(H,15,16)(H,17,18,20,21). The summed E-state index contributed by atoms with van der Waals surface area (Å²) in [6, 6.07) is 3.29. The fourth-order valence-electron chi connectivity index (χ4n) is 1.87. The number of anilines is 2. The fraction of sp³-hybridized carbons (Fsp3) is 0.357. The minimum absolute atomic E-state index is 0.219. The maximum absolute atomic E-state index is 12.2. The molecule has 7 nitrogen and oxygen atoms in total. The van der Waals surface area contributed by atoms with E-state index in [-0.39, 0.29) is 11.9 Å². The Hall–Kier alpha value is -2.57. The lowest BCUT2D eigenvalue weighted by Crippen LogP contribution is -2.16. The number of pyridine rings is 1. The van der Waals surface area contributed by atoms with Gasteiger partial charge in [0.25, 0.3) is 5.91 Å². The molecule has 110 valence electrons. The van der Waals surface area contributed by atoms with Crippen molar-refractivity contribution in [2.45, 2.75) is 26.7 Å². The molecule has 0 unspecified atom stereocenters. The van der Waals surface area contributed by atoms with E-state index in [1.807, 2.05) is 13.8 Å². The van der Waals surface area contributed by atoms with Crippen molar-refractivity contribution < 1.29 is 4.79 Å². The number of aromatic nitrogens is 4. The second-order valence-corrected chi connectivity index (χ2v) is 4.37. The molecule has 2 aromatic heterocycles. The van der Waals surface area contributed by atoms with Crippen molar-refractivity contribution in [3.8, 4) is 0 Å². The molecule has 0 atom stereocenters. The molecule has 7 heteroatoms. The topological polar surface area (TPSA) is 92.7 Å². The molecule has 2 heterocycles. The predicted molar refractivity (Wildman–Crippen MR) is 80.3 cm³/mol. The lowest BCUT2D eigenvalue weighted by molar-refractivity contribution is 0.102. The normalized spacial score (nSPS) is 10.2. The van der Waals surface area contributed by atoms with Gasteiger partial charge >= 0.3 is 0 Å². The third kappa shape index (κ3) is 3.50. The molecule has 2 N–H and O–H groups in total. The second kappa shape index (κ2) is 6.74. The van der Waals surface area contributed by atoms with Crippen molar-refractivity contribution in [1.82, 2.24) is 20.2 Å². The first-order valence-corrected chi connectivity index (χ1v) is 6.85. The zero-order valence-corrected chi connectivity index (χ0v) is 12.3. The van der Waals surface area contributed by atoms with Crippen molar-refractivity contribution in [1.29, 1.82) is 0 Å². The monoisotopic (exact) mass is 286 g/mol. The number of hydrogen-bond acceptors (Lipinski definition) is 6. The second-order valence-electron chi connectivity index (χ2n) is 4.37. The van der Waals surface area contributed by atoms with Crippen LogP contribution in [0.2, 0.25) is 0 Å². The average molecular weight is 286 g/mol. The molecule has 0 radical (unpaired) electrons. The summed E-state index contributed by atoms with van der Waals surface area (Å²) < 4.78 is 0. The quantitative estimate of drug-likeness (QED) is 0.868. The zero-order chi connectivity index (χ0) is 15.2. The van der Waals surface area contributed by atoms with Crippen LogP contribution in [0.1, 0.15) is 35.6 Å². The Kier molecular flexibility index (Phi) is 4.76. The first-order chi connectivity index (χ1) is 10.2. The van der Waals surface area contributed by atoms with Gasteiger partial charge in [-0.3, -0.25) is 10.1 Å². The molecule has 2 rings (SSSR count). The van der Waals surface area contributed by atoms with Gasteiger partial charge in [-0.25, -0.2) is 9.97 Å². The van der Waals surface area contributed by atoms with Gasteiger partial charge in [-0.05, 0) is 25.0 Å². The molecule has 0 saturated heterocycles. The van der Waals surface area contributed by atoms with Gasteiger partial charge in [0.2, 0.25) is 5.95 Å². The summed E-state index contributed by atoms with van der Waals surface area (Å²) in [7, 11) is 1.74. The van der Waals surface area contributed by atoms with Crippen LogP contribution in [0.4, 0.5) is 11.8 Å². The smallest absolute Gasteiger partial charge is 0.258 e. The molecule has 0 spiro atoms. The number of carbonyl (C=O) groups is 1. The Morgan fingerprint density at radius 1 is 1.19 bits per heavy atom. The van der Waals surface area contributed by atoms with Crippen LogP contribution < -0.4 is 10.6 Å². The van der Waals surface area contributed by atoms with Crippen LogP contribution in [0.3, 0.4) is 0 Å². The number of nitrogens with zero attached hydrogens (tertiary/aromatic N) is 4. The summed E-state index contributed by atoms with van der Waals surface area (Å²) >= 11 is 0. The first kappa shape index (κ1) is 14.8. The van der Waals surface area contributed by atoms with Crippen molar-refractivity contribution in [2.24, 2.45) is 0 Å². The van der Waals surface area contributed by atoms with Gasteiger partial charge in [-0.15, -0.1) is 10.2 Å². The number of hydrogen-bond donors (Lipinski definition) is 2. The van der Waals surface area contributed by atoms with E-state index in [0.717, 1.165) is 24.2 Å². The maximum atomic E-state index is 12.2. The summed E-state index contributed by atoms with van der Waals surface area (Å²) in [6.45, 7) is 4.00. The van der Waals surface area contributed by atoms with Crippen LogP contribution in [0, 0.1) is 0 Å². The molecule has 0 bridgehead atoms. The highest BCUT2D eigenvalue weighted by Gasteiger charge is 2.11. The zero-order valence-electron chi connectivity index (χ0n) is 12.3. The molecule has 2 aromatic rings. The van der Waals surface area contributed by atoms with Crippen LogP contribution in [0.25, 0.3) is 0 Å². The minimum atomic E-state index is -0.290. The van der Waals surface area contributed by atoms with Gasteiger partial charge in [0.1, 0.15) is 5.82 Å². The highest BCUT2D eigenvalue weighted by Crippen LogP contribution is 2.10. The highest BCUT2D eigenvalue weighted by atomic mass is 16.1. The summed E-state index contributed by atoms with van der Waals surface area (Å²) in [4.78, 5) is 20.6. The maximum Gasteiger partial charge on any atom is 0.258 e. The Balaban J connectivity index is 2.19. The van der Waals surface area contributed by atoms with Gasteiger partial charge in [0.05, 0.1) is 11.4 Å². The predicted octanol–water partition coefficient (Wildman–Crippen LogP) is 1.69. The van der Waals surface area contributed by atoms with Crippen LogP contribution in [-0.4, -0.2) is 33.1 Å². The van der Waals surface area contributed by atoms with E-state index in [2.05, 4.69) is 30.8 Å². The van der Waals surface area contributed by atoms with E-state index in [1.54, 1.807) is 25.4 Å². The van der Waals surface area contributed by atoms with Gasteiger partial charge in [-0.1, -0.05) is 13.8 Å². The van der Waals surface area contributed by atoms with E-state index in [1.165, 1.54) is 0 Å². The summed E-state index contributed by atoms with van der Waals surface area (Å²) in [5, 5.41) is 13.6. The molecule has 0 aliphatic heterocycles. The number of carbonyl (C=O) groups excluding carboxylic acids is 1. The minimum Gasteiger partial charge on any atom is -0.373 e. The molecule has 0 aliphatic carbocycles. The third-order valence-electron chi connectivity index (χ3n) is 3.01. The lowest BCUT2D eigenvalue weighted by Gasteiger charge is -2.07. The molecule has 0 aromatic carbocycles. The molecule has 0 saturated carbocycles. The van der Waals surface area contributed by atoms with E-state index in [0.29, 0.717) is 11.4 Å². The SMILES string of the molecule is CCc1nnc(NC(=O)c2ccnc(NC)c2)nc1CC. The number of aryl methyl sites for hydroxylation is 2. The van der Waals surface area contributed by atoms with E-state index < -0.39 is 0 Å². The van der Waals surface area contributed by atoms with Gasteiger partial charge in [0, 0.05) is 18.8 Å². The van der Waals surface area contributed by atoms with E-state index in [9.17, 15) is 4.79 Å². The van der Waals surface area contributed by atoms with E-state index in [4.69, 9.17) is 0 Å². The summed E-state index contributed by atoms with van der Waals surface area (Å²) in [5.41, 5.74) is 2.20. The van der Waals surface area contributed by atoms with Crippen LogP contribution in [0.15, 0.2) is 18.3 Å². The Bertz CT molecular complexity index is 643. The number of rotatable bonds is 5. The highest BCUT2D eigenvalue weighted by molar-refractivity contribution is 6.03. The van der Waals surface area contributed by atoms with Crippen molar-refractivity contribution >= 4 is 17.7 Å². The Morgan fingerprint density at radius 3 is 2.62 bits per heavy atom. The summed E-state index contributed by atoms with van der Waals surface area (Å²) in [5.74, 6) is 0.552. The number of amides is 1. The molecule has 0 fully saturated rings. The number of nitrogens with one attached hydrogen (secondary N) is 2. The lowest BCUT2D eigenvalue weighted by atomic mass is 10.2. The van der Waals surface area contributed by atoms with Crippen molar-refractivity contribution in [3.63, 3.8) is 0 Å². The fourth-order valence-corrected chi connectivity index (χ4v) is 1.87. The molecule has 21 heavy (non-hydrogen) atoms. The van der Waals surface area contributed by atoms with E-state index >= 15 is 0 Å². The van der Waals surface area contributed by atoms with Crippen LogP contribution in [-0.2, 0) is 12.8 Å². The van der Waals surface area contributed by atoms with Crippen molar-refractivity contribution in [2.75, 3.05) is 17.7 Å². The molecule has 0 aliphatic rings. The average Bonchev–Trinajstić information content (AvgIpc) is 2.54. The summed E-state index contributed by atoms with van der Waals surface area (Å²) in [6.07, 6.45) is 3.09. The third-order valence-corrected chi connectivity index (χ3v) is 3.01. The Morgan fingerprint density at radius 2 is 1.95 bits per heavy atom. The first-order valence-electron chi connectivity index (χ1n) is 6.85. The largest absolute Gasteiger partial charge is 0.373 e. The van der Waals surface area contributed by atoms with Gasteiger partial charge in [0.15, 0.2) is 0 Å². The molecule has 1 amide bonds. The van der Waals surface area contributed by atoms with Crippen molar-refractivity contribution in [3.05, 3.63) is 35.3 Å². The van der Waals surface area contributed by atoms with Gasteiger partial charge < -0.3 is 5.32 Å². The van der Waals surface area contributed by atoms with Gasteiger partial charge in [-0.2, -0.15) is 0 Å².